The van der Waals surface area contributed by atoms with Crippen LogP contribution in [-0.2, 0) is 4.79 Å². The Morgan fingerprint density at radius 1 is 1.08 bits per heavy atom. The first-order valence-corrected chi connectivity index (χ1v) is 7.97. The van der Waals surface area contributed by atoms with E-state index in [1.54, 1.807) is 42.5 Å². The van der Waals surface area contributed by atoms with Gasteiger partial charge in [0, 0.05) is 11.1 Å². The summed E-state index contributed by atoms with van der Waals surface area (Å²) in [6, 6.07) is 13.7. The molecular weight excluding hydrogens is 320 g/mol. The van der Waals surface area contributed by atoms with Crippen LogP contribution in [0.1, 0.15) is 27.6 Å². The monoisotopic (exact) mass is 338 g/mol. The summed E-state index contributed by atoms with van der Waals surface area (Å²) in [4.78, 5) is 37.7. The summed E-state index contributed by atoms with van der Waals surface area (Å²) < 4.78 is 5.54. The molecule has 0 bridgehead atoms. The van der Waals surface area contributed by atoms with Gasteiger partial charge in [-0.2, -0.15) is 0 Å². The standard InChI is InChI=1S/C19H18N2O4/c1-13(22)15-7-8-17-16(11-15)21(9-10-25-17)18(23)12-20-19(24)14-5-3-2-4-6-14/h2-8,11H,9-10,12H2,1H3,(H,20,24). The second kappa shape index (κ2) is 7.17. The molecule has 25 heavy (non-hydrogen) atoms. The summed E-state index contributed by atoms with van der Waals surface area (Å²) in [5.74, 6) is -0.0911. The number of anilines is 1. The van der Waals surface area contributed by atoms with Gasteiger partial charge in [-0.3, -0.25) is 14.4 Å². The van der Waals surface area contributed by atoms with Gasteiger partial charge in [-0.1, -0.05) is 18.2 Å². The number of hydrogen-bond acceptors (Lipinski definition) is 4. The molecular formula is C19H18N2O4. The van der Waals surface area contributed by atoms with Crippen LogP contribution in [0.4, 0.5) is 5.69 Å². The highest BCUT2D eigenvalue weighted by molar-refractivity contribution is 6.02. The molecule has 1 N–H and O–H groups in total. The molecule has 0 radical (unpaired) electrons. The number of nitrogens with one attached hydrogen (secondary N) is 1. The smallest absolute Gasteiger partial charge is 0.251 e. The van der Waals surface area contributed by atoms with Gasteiger partial charge in [0.15, 0.2) is 5.78 Å². The van der Waals surface area contributed by atoms with Crippen LogP contribution in [0.5, 0.6) is 5.75 Å². The maximum absolute atomic E-state index is 12.5. The van der Waals surface area contributed by atoms with E-state index in [1.807, 2.05) is 6.07 Å². The third-order valence-corrected chi connectivity index (χ3v) is 3.97. The third kappa shape index (κ3) is 3.68. The van der Waals surface area contributed by atoms with Crippen LogP contribution < -0.4 is 15.0 Å². The van der Waals surface area contributed by atoms with E-state index in [-0.39, 0.29) is 24.1 Å². The number of Topliss-reactive ketones (excluding diaryl/α,β-unsaturated/α-hetero) is 1. The van der Waals surface area contributed by atoms with Crippen molar-refractivity contribution in [3.8, 4) is 5.75 Å². The van der Waals surface area contributed by atoms with Crippen LogP contribution in [0, 0.1) is 0 Å². The molecule has 0 aromatic heterocycles. The lowest BCUT2D eigenvalue weighted by molar-refractivity contribution is -0.117. The predicted molar refractivity (Wildman–Crippen MR) is 93.1 cm³/mol. The van der Waals surface area contributed by atoms with Gasteiger partial charge in [0.25, 0.3) is 5.91 Å². The Kier molecular flexibility index (Phi) is 4.79. The molecule has 1 aliphatic heterocycles. The van der Waals surface area contributed by atoms with Gasteiger partial charge >= 0.3 is 0 Å². The minimum atomic E-state index is -0.306. The minimum absolute atomic E-state index is 0.0850. The summed E-state index contributed by atoms with van der Waals surface area (Å²) in [6.07, 6.45) is 0. The third-order valence-electron chi connectivity index (χ3n) is 3.97. The van der Waals surface area contributed by atoms with Gasteiger partial charge in [0.05, 0.1) is 18.8 Å². The molecule has 0 unspecified atom stereocenters. The van der Waals surface area contributed by atoms with Gasteiger partial charge in [0.1, 0.15) is 12.4 Å². The Morgan fingerprint density at radius 2 is 1.84 bits per heavy atom. The zero-order valence-corrected chi connectivity index (χ0v) is 13.8. The fourth-order valence-electron chi connectivity index (χ4n) is 2.64. The lowest BCUT2D eigenvalue weighted by Crippen LogP contribution is -2.44. The van der Waals surface area contributed by atoms with Gasteiger partial charge in [-0.25, -0.2) is 0 Å². The summed E-state index contributed by atoms with van der Waals surface area (Å²) in [5.41, 5.74) is 1.56. The normalized spacial score (nSPS) is 12.8. The van der Waals surface area contributed by atoms with Crippen LogP contribution >= 0.6 is 0 Å². The molecule has 6 heteroatoms. The fourth-order valence-corrected chi connectivity index (χ4v) is 2.64. The Balaban J connectivity index is 1.72. The summed E-state index contributed by atoms with van der Waals surface area (Å²) in [6.45, 7) is 2.08. The van der Waals surface area contributed by atoms with Gasteiger partial charge in [0.2, 0.25) is 5.91 Å². The molecule has 0 spiro atoms. The SMILES string of the molecule is CC(=O)c1ccc2c(c1)N(C(=O)CNC(=O)c1ccccc1)CCO2. The zero-order chi connectivity index (χ0) is 17.8. The average Bonchev–Trinajstić information content (AvgIpc) is 2.65. The first kappa shape index (κ1) is 16.7. The van der Waals surface area contributed by atoms with E-state index in [4.69, 9.17) is 4.74 Å². The highest BCUT2D eigenvalue weighted by atomic mass is 16.5. The second-order valence-electron chi connectivity index (χ2n) is 5.68. The molecule has 2 amide bonds. The van der Waals surface area contributed by atoms with Crippen molar-refractivity contribution in [2.45, 2.75) is 6.92 Å². The lowest BCUT2D eigenvalue weighted by atomic mass is 10.1. The van der Waals surface area contributed by atoms with Gasteiger partial charge in [-0.05, 0) is 37.3 Å². The van der Waals surface area contributed by atoms with Crippen molar-refractivity contribution in [2.24, 2.45) is 0 Å². The molecule has 0 saturated carbocycles. The van der Waals surface area contributed by atoms with E-state index >= 15 is 0 Å². The van der Waals surface area contributed by atoms with Crippen molar-refractivity contribution < 1.29 is 19.1 Å². The maximum Gasteiger partial charge on any atom is 0.251 e. The quantitative estimate of drug-likeness (QED) is 0.866. The Bertz CT molecular complexity index is 817. The molecule has 6 nitrogen and oxygen atoms in total. The number of fused-ring (bicyclic) bond motifs is 1. The molecule has 2 aromatic carbocycles. The average molecular weight is 338 g/mol. The molecule has 0 saturated heterocycles. The number of hydrogen-bond donors (Lipinski definition) is 1. The van der Waals surface area contributed by atoms with Crippen LogP contribution in [-0.4, -0.2) is 37.3 Å². The van der Waals surface area contributed by atoms with Crippen molar-refractivity contribution in [2.75, 3.05) is 24.6 Å². The molecule has 128 valence electrons. The van der Waals surface area contributed by atoms with Crippen LogP contribution in [0.25, 0.3) is 0 Å². The van der Waals surface area contributed by atoms with E-state index in [0.29, 0.717) is 35.7 Å². The Morgan fingerprint density at radius 3 is 2.56 bits per heavy atom. The van der Waals surface area contributed by atoms with E-state index in [0.717, 1.165) is 0 Å². The molecule has 1 heterocycles. The summed E-state index contributed by atoms with van der Waals surface area (Å²) in [5, 5.41) is 2.63. The number of amides is 2. The molecule has 0 fully saturated rings. The largest absolute Gasteiger partial charge is 0.490 e. The van der Waals surface area contributed by atoms with E-state index in [1.165, 1.54) is 11.8 Å². The number of ether oxygens (including phenoxy) is 1. The number of carbonyl (C=O) groups excluding carboxylic acids is 3. The number of ketones is 1. The molecule has 0 aliphatic carbocycles. The predicted octanol–water partition coefficient (Wildman–Crippen LogP) is 2.04. The number of benzene rings is 2. The lowest BCUT2D eigenvalue weighted by Gasteiger charge is -2.30. The molecule has 3 rings (SSSR count). The zero-order valence-electron chi connectivity index (χ0n) is 13.8. The highest BCUT2D eigenvalue weighted by Gasteiger charge is 2.24. The number of rotatable bonds is 4. The van der Waals surface area contributed by atoms with E-state index in [2.05, 4.69) is 5.32 Å². The first-order valence-electron chi connectivity index (χ1n) is 7.97. The first-order chi connectivity index (χ1) is 12.1. The van der Waals surface area contributed by atoms with Gasteiger partial charge < -0.3 is 15.0 Å². The second-order valence-corrected chi connectivity index (χ2v) is 5.68. The fraction of sp³-hybridized carbons (Fsp3) is 0.211. The molecule has 1 aliphatic rings. The topological polar surface area (TPSA) is 75.7 Å². The van der Waals surface area contributed by atoms with Crippen molar-refractivity contribution in [1.29, 1.82) is 0 Å². The Labute approximate surface area is 145 Å². The highest BCUT2D eigenvalue weighted by Crippen LogP contribution is 2.32. The van der Waals surface area contributed by atoms with E-state index < -0.39 is 0 Å². The van der Waals surface area contributed by atoms with Crippen molar-refractivity contribution >= 4 is 23.3 Å². The van der Waals surface area contributed by atoms with Crippen molar-refractivity contribution in [1.82, 2.24) is 5.32 Å². The summed E-state index contributed by atoms with van der Waals surface area (Å²) in [7, 11) is 0. The van der Waals surface area contributed by atoms with Crippen molar-refractivity contribution in [3.05, 3.63) is 59.7 Å². The minimum Gasteiger partial charge on any atom is -0.490 e. The maximum atomic E-state index is 12.5. The van der Waals surface area contributed by atoms with Crippen LogP contribution in [0.3, 0.4) is 0 Å². The summed E-state index contributed by atoms with van der Waals surface area (Å²) >= 11 is 0. The van der Waals surface area contributed by atoms with Crippen LogP contribution in [0.2, 0.25) is 0 Å². The van der Waals surface area contributed by atoms with Crippen molar-refractivity contribution in [3.63, 3.8) is 0 Å². The number of carbonyl (C=O) groups is 3. The molecule has 0 atom stereocenters. The van der Waals surface area contributed by atoms with E-state index in [9.17, 15) is 14.4 Å². The van der Waals surface area contributed by atoms with Gasteiger partial charge in [-0.15, -0.1) is 0 Å². The molecule has 2 aromatic rings. The number of nitrogens with zero attached hydrogens (tertiary/aromatic N) is 1. The van der Waals surface area contributed by atoms with Crippen LogP contribution in [0.15, 0.2) is 48.5 Å². The Hall–Kier alpha value is -3.15.